The molecular formula is C14H18N2O. The molecule has 0 radical (unpaired) electrons. The lowest BCUT2D eigenvalue weighted by Gasteiger charge is -2.24. The zero-order chi connectivity index (χ0) is 12.0. The summed E-state index contributed by atoms with van der Waals surface area (Å²) in [4.78, 5) is 0. The van der Waals surface area contributed by atoms with Crippen molar-refractivity contribution in [3.8, 4) is 0 Å². The molecule has 0 fully saturated rings. The summed E-state index contributed by atoms with van der Waals surface area (Å²) < 4.78 is 2.23. The van der Waals surface area contributed by atoms with Crippen LogP contribution in [-0.2, 0) is 13.5 Å². The normalized spacial score (nSPS) is 19.6. The van der Waals surface area contributed by atoms with Gasteiger partial charge in [0, 0.05) is 23.6 Å². The summed E-state index contributed by atoms with van der Waals surface area (Å²) in [5.74, 6) is 0. The van der Waals surface area contributed by atoms with E-state index in [1.54, 1.807) is 0 Å². The Bertz CT molecular complexity index is 571. The number of aliphatic hydroxyl groups is 1. The highest BCUT2D eigenvalue weighted by Gasteiger charge is 2.25. The third-order valence-corrected chi connectivity index (χ3v) is 3.79. The Morgan fingerprint density at radius 1 is 1.47 bits per heavy atom. The number of aromatic nitrogens is 1. The highest BCUT2D eigenvalue weighted by molar-refractivity contribution is 5.86. The van der Waals surface area contributed by atoms with Crippen LogP contribution < -0.4 is 5.32 Å². The molecule has 0 saturated carbocycles. The van der Waals surface area contributed by atoms with Crippen molar-refractivity contribution in [1.82, 2.24) is 9.88 Å². The van der Waals surface area contributed by atoms with Gasteiger partial charge in [0.05, 0.1) is 12.6 Å². The molecule has 1 aromatic carbocycles. The summed E-state index contributed by atoms with van der Waals surface area (Å²) >= 11 is 0. The van der Waals surface area contributed by atoms with Gasteiger partial charge in [0.1, 0.15) is 0 Å². The summed E-state index contributed by atoms with van der Waals surface area (Å²) in [6, 6.07) is 6.68. The van der Waals surface area contributed by atoms with Gasteiger partial charge in [0.25, 0.3) is 0 Å². The molecule has 2 aromatic rings. The molecule has 1 aromatic heterocycles. The maximum atomic E-state index is 9.47. The molecule has 0 amide bonds. The molecule has 1 unspecified atom stereocenters. The number of aliphatic hydroxyl groups excluding tert-OH is 1. The minimum absolute atomic E-state index is 0.0801. The molecule has 1 aliphatic heterocycles. The summed E-state index contributed by atoms with van der Waals surface area (Å²) in [6.45, 7) is 3.23. The van der Waals surface area contributed by atoms with Gasteiger partial charge in [-0.15, -0.1) is 0 Å². The molecule has 1 aliphatic rings. The molecular weight excluding hydrogens is 212 g/mol. The van der Waals surface area contributed by atoms with Crippen LogP contribution in [0.5, 0.6) is 0 Å². The molecule has 3 nitrogen and oxygen atoms in total. The highest BCUT2D eigenvalue weighted by Crippen LogP contribution is 2.32. The first kappa shape index (κ1) is 10.8. The molecule has 17 heavy (non-hydrogen) atoms. The summed E-state index contributed by atoms with van der Waals surface area (Å²) in [5.41, 5.74) is 5.21. The number of fused-ring (bicyclic) bond motifs is 3. The van der Waals surface area contributed by atoms with Crippen LogP contribution in [0, 0.1) is 6.92 Å². The predicted molar refractivity (Wildman–Crippen MR) is 69.2 cm³/mol. The third-order valence-electron chi connectivity index (χ3n) is 3.79. The number of nitrogens with one attached hydrogen (secondary N) is 1. The zero-order valence-corrected chi connectivity index (χ0v) is 10.3. The SMILES string of the molecule is Cc1ccc2c3c(n(C)c2c1)C(CO)NCC3. The van der Waals surface area contributed by atoms with E-state index in [0.29, 0.717) is 0 Å². The number of aryl methyl sites for hydroxylation is 2. The van der Waals surface area contributed by atoms with E-state index < -0.39 is 0 Å². The maximum Gasteiger partial charge on any atom is 0.0712 e. The number of hydrogen-bond acceptors (Lipinski definition) is 2. The van der Waals surface area contributed by atoms with Gasteiger partial charge >= 0.3 is 0 Å². The Hall–Kier alpha value is -1.32. The van der Waals surface area contributed by atoms with Gasteiger partial charge in [-0.25, -0.2) is 0 Å². The van der Waals surface area contributed by atoms with E-state index in [-0.39, 0.29) is 12.6 Å². The number of nitrogens with zero attached hydrogens (tertiary/aromatic N) is 1. The Morgan fingerprint density at radius 3 is 3.06 bits per heavy atom. The topological polar surface area (TPSA) is 37.2 Å². The van der Waals surface area contributed by atoms with Crippen LogP contribution in [0.15, 0.2) is 18.2 Å². The van der Waals surface area contributed by atoms with Crippen molar-refractivity contribution < 1.29 is 5.11 Å². The number of benzene rings is 1. The third kappa shape index (κ3) is 1.50. The monoisotopic (exact) mass is 230 g/mol. The Kier molecular flexibility index (Phi) is 2.45. The van der Waals surface area contributed by atoms with Crippen molar-refractivity contribution in [2.45, 2.75) is 19.4 Å². The van der Waals surface area contributed by atoms with E-state index in [2.05, 4.69) is 42.1 Å². The average molecular weight is 230 g/mol. The van der Waals surface area contributed by atoms with E-state index in [0.717, 1.165) is 13.0 Å². The first-order valence-corrected chi connectivity index (χ1v) is 6.14. The van der Waals surface area contributed by atoms with E-state index in [9.17, 15) is 5.11 Å². The van der Waals surface area contributed by atoms with E-state index in [4.69, 9.17) is 0 Å². The van der Waals surface area contributed by atoms with Gasteiger partial charge in [0.2, 0.25) is 0 Å². The summed E-state index contributed by atoms with van der Waals surface area (Å²) in [6.07, 6.45) is 1.05. The summed E-state index contributed by atoms with van der Waals surface area (Å²) in [5, 5.41) is 14.2. The molecule has 2 N–H and O–H groups in total. The lowest BCUT2D eigenvalue weighted by Crippen LogP contribution is -2.33. The predicted octanol–water partition coefficient (Wildman–Crippen LogP) is 1.67. The molecule has 0 aliphatic carbocycles. The van der Waals surface area contributed by atoms with Crippen LogP contribution in [0.2, 0.25) is 0 Å². The second kappa shape index (κ2) is 3.86. The van der Waals surface area contributed by atoms with Crippen molar-refractivity contribution in [1.29, 1.82) is 0 Å². The minimum atomic E-state index is 0.0801. The second-order valence-electron chi connectivity index (χ2n) is 4.88. The van der Waals surface area contributed by atoms with Crippen LogP contribution in [0.4, 0.5) is 0 Å². The molecule has 3 rings (SSSR count). The maximum absolute atomic E-state index is 9.47. The quantitative estimate of drug-likeness (QED) is 0.782. The van der Waals surface area contributed by atoms with Gasteiger partial charge in [-0.05, 0) is 37.1 Å². The average Bonchev–Trinajstić information content (AvgIpc) is 2.63. The van der Waals surface area contributed by atoms with E-state index >= 15 is 0 Å². The van der Waals surface area contributed by atoms with Crippen molar-refractivity contribution in [3.63, 3.8) is 0 Å². The smallest absolute Gasteiger partial charge is 0.0712 e. The minimum Gasteiger partial charge on any atom is -0.394 e. The van der Waals surface area contributed by atoms with E-state index in [1.807, 2.05) is 0 Å². The van der Waals surface area contributed by atoms with Crippen LogP contribution >= 0.6 is 0 Å². The standard InChI is InChI=1S/C14H18N2O/c1-9-3-4-10-11-5-6-15-12(8-17)14(11)16(2)13(10)7-9/h3-4,7,12,15,17H,5-6,8H2,1-2H3. The van der Waals surface area contributed by atoms with Gasteiger partial charge in [-0.2, -0.15) is 0 Å². The number of rotatable bonds is 1. The largest absolute Gasteiger partial charge is 0.394 e. The van der Waals surface area contributed by atoms with Crippen LogP contribution in [-0.4, -0.2) is 22.8 Å². The molecule has 1 atom stereocenters. The lowest BCUT2D eigenvalue weighted by molar-refractivity contribution is 0.235. The molecule has 0 bridgehead atoms. The fourth-order valence-corrected chi connectivity index (χ4v) is 2.97. The molecule has 0 spiro atoms. The van der Waals surface area contributed by atoms with Crippen LogP contribution in [0.3, 0.4) is 0 Å². The van der Waals surface area contributed by atoms with Gasteiger partial charge in [0.15, 0.2) is 0 Å². The summed E-state index contributed by atoms with van der Waals surface area (Å²) in [7, 11) is 2.09. The van der Waals surface area contributed by atoms with Gasteiger partial charge < -0.3 is 15.0 Å². The Labute approximate surface area is 101 Å². The zero-order valence-electron chi connectivity index (χ0n) is 10.3. The van der Waals surface area contributed by atoms with Crippen molar-refractivity contribution >= 4 is 10.9 Å². The van der Waals surface area contributed by atoms with Crippen molar-refractivity contribution in [3.05, 3.63) is 35.0 Å². The highest BCUT2D eigenvalue weighted by atomic mass is 16.3. The second-order valence-corrected chi connectivity index (χ2v) is 4.88. The van der Waals surface area contributed by atoms with E-state index in [1.165, 1.54) is 27.7 Å². The molecule has 90 valence electrons. The van der Waals surface area contributed by atoms with Crippen molar-refractivity contribution in [2.75, 3.05) is 13.2 Å². The van der Waals surface area contributed by atoms with Crippen LogP contribution in [0.1, 0.15) is 22.9 Å². The lowest BCUT2D eigenvalue weighted by atomic mass is 9.99. The first-order chi connectivity index (χ1) is 8.22. The van der Waals surface area contributed by atoms with Gasteiger partial charge in [-0.3, -0.25) is 0 Å². The van der Waals surface area contributed by atoms with Crippen molar-refractivity contribution in [2.24, 2.45) is 7.05 Å². The Morgan fingerprint density at radius 2 is 2.29 bits per heavy atom. The molecule has 2 heterocycles. The first-order valence-electron chi connectivity index (χ1n) is 6.14. The molecule has 3 heteroatoms. The fourth-order valence-electron chi connectivity index (χ4n) is 2.97. The number of hydrogen-bond donors (Lipinski definition) is 2. The molecule has 0 saturated heterocycles. The van der Waals surface area contributed by atoms with Gasteiger partial charge in [-0.1, -0.05) is 12.1 Å². The Balaban J connectivity index is 2.33. The van der Waals surface area contributed by atoms with Crippen LogP contribution in [0.25, 0.3) is 10.9 Å². The fraction of sp³-hybridized carbons (Fsp3) is 0.429.